The average molecular weight is 263 g/mol. The maximum Gasteiger partial charge on any atom is 0.251 e. The lowest BCUT2D eigenvalue weighted by molar-refractivity contribution is 0.881. The molecule has 0 aliphatic heterocycles. The zero-order chi connectivity index (χ0) is 13.0. The van der Waals surface area contributed by atoms with E-state index in [2.05, 4.69) is 25.3 Å². The zero-order valence-electron chi connectivity index (χ0n) is 10.1. The second-order valence-corrected chi connectivity index (χ2v) is 4.46. The first kappa shape index (κ1) is 12.6. The molecule has 0 fully saturated rings. The fourth-order valence-corrected chi connectivity index (χ4v) is 2.10. The van der Waals surface area contributed by atoms with Gasteiger partial charge in [0, 0.05) is 31.8 Å². The van der Waals surface area contributed by atoms with E-state index in [-0.39, 0.29) is 5.56 Å². The van der Waals surface area contributed by atoms with Crippen LogP contribution in [0.5, 0.6) is 0 Å². The molecule has 7 heteroatoms. The van der Waals surface area contributed by atoms with Crippen LogP contribution in [0.15, 0.2) is 33.3 Å². The summed E-state index contributed by atoms with van der Waals surface area (Å²) in [5.41, 5.74) is -0.175. The van der Waals surface area contributed by atoms with Gasteiger partial charge in [-0.25, -0.2) is 15.0 Å². The SMILES string of the molecule is CCc1nc(NC)cc(Sc2nccc(=O)[nH]2)n1. The van der Waals surface area contributed by atoms with Crippen molar-refractivity contribution in [1.29, 1.82) is 0 Å². The van der Waals surface area contributed by atoms with Gasteiger partial charge in [0.05, 0.1) is 0 Å². The van der Waals surface area contributed by atoms with Gasteiger partial charge in [0.15, 0.2) is 5.16 Å². The summed E-state index contributed by atoms with van der Waals surface area (Å²) in [5, 5.41) is 4.25. The summed E-state index contributed by atoms with van der Waals surface area (Å²) in [4.78, 5) is 26.6. The average Bonchev–Trinajstić information content (AvgIpc) is 2.38. The number of nitrogens with one attached hydrogen (secondary N) is 2. The highest BCUT2D eigenvalue weighted by Crippen LogP contribution is 2.23. The van der Waals surface area contributed by atoms with Crippen molar-refractivity contribution >= 4 is 17.6 Å². The Bertz CT molecular complexity index is 576. The molecule has 0 unspecified atom stereocenters. The maximum absolute atomic E-state index is 11.2. The maximum atomic E-state index is 11.2. The summed E-state index contributed by atoms with van der Waals surface area (Å²) in [7, 11) is 1.80. The van der Waals surface area contributed by atoms with Gasteiger partial charge in [0.25, 0.3) is 5.56 Å². The van der Waals surface area contributed by atoms with Gasteiger partial charge in [-0.1, -0.05) is 6.92 Å². The van der Waals surface area contributed by atoms with Crippen LogP contribution >= 0.6 is 11.8 Å². The Morgan fingerprint density at radius 3 is 2.94 bits per heavy atom. The topological polar surface area (TPSA) is 83.6 Å². The molecule has 0 saturated carbocycles. The molecule has 0 spiro atoms. The molecule has 0 radical (unpaired) electrons. The van der Waals surface area contributed by atoms with E-state index < -0.39 is 0 Å². The fourth-order valence-electron chi connectivity index (χ4n) is 1.31. The van der Waals surface area contributed by atoms with Crippen molar-refractivity contribution in [3.8, 4) is 0 Å². The van der Waals surface area contributed by atoms with Crippen molar-refractivity contribution in [1.82, 2.24) is 19.9 Å². The second-order valence-electron chi connectivity index (χ2n) is 3.45. The van der Waals surface area contributed by atoms with Crippen LogP contribution < -0.4 is 10.9 Å². The zero-order valence-corrected chi connectivity index (χ0v) is 10.9. The molecule has 0 atom stereocenters. The van der Waals surface area contributed by atoms with Crippen molar-refractivity contribution in [3.05, 3.63) is 34.5 Å². The van der Waals surface area contributed by atoms with Crippen LogP contribution in [0.3, 0.4) is 0 Å². The van der Waals surface area contributed by atoms with Gasteiger partial charge < -0.3 is 10.3 Å². The summed E-state index contributed by atoms with van der Waals surface area (Å²) in [6.07, 6.45) is 2.23. The molecule has 0 aliphatic rings. The number of aromatic amines is 1. The number of hydrogen-bond acceptors (Lipinski definition) is 6. The van der Waals surface area contributed by atoms with Crippen LogP contribution in [-0.2, 0) is 6.42 Å². The van der Waals surface area contributed by atoms with Crippen LogP contribution in [-0.4, -0.2) is 27.0 Å². The Morgan fingerprint density at radius 1 is 1.44 bits per heavy atom. The van der Waals surface area contributed by atoms with E-state index in [4.69, 9.17) is 0 Å². The number of rotatable bonds is 4. The van der Waals surface area contributed by atoms with Gasteiger partial charge in [0.1, 0.15) is 16.7 Å². The summed E-state index contributed by atoms with van der Waals surface area (Å²) in [5.74, 6) is 1.50. The van der Waals surface area contributed by atoms with Gasteiger partial charge in [-0.15, -0.1) is 0 Å². The third-order valence-corrected chi connectivity index (χ3v) is 2.99. The van der Waals surface area contributed by atoms with Gasteiger partial charge in [-0.05, 0) is 11.8 Å². The molecule has 2 rings (SSSR count). The third kappa shape index (κ3) is 3.07. The molecule has 18 heavy (non-hydrogen) atoms. The van der Waals surface area contributed by atoms with Crippen molar-refractivity contribution in [2.24, 2.45) is 0 Å². The number of H-pyrrole nitrogens is 1. The van der Waals surface area contributed by atoms with E-state index in [0.29, 0.717) is 5.16 Å². The minimum absolute atomic E-state index is 0.175. The Morgan fingerprint density at radius 2 is 2.28 bits per heavy atom. The molecule has 2 aromatic rings. The molecule has 2 N–H and O–H groups in total. The number of anilines is 1. The number of hydrogen-bond donors (Lipinski definition) is 2. The standard InChI is InChI=1S/C11H13N5OS/c1-3-7-14-8(12-2)6-10(15-7)18-11-13-5-4-9(17)16-11/h4-6H,3H2,1-2H3,(H,12,14,15)(H,13,16,17). The highest BCUT2D eigenvalue weighted by Gasteiger charge is 2.05. The normalized spacial score (nSPS) is 10.3. The van der Waals surface area contributed by atoms with Crippen LogP contribution in [0.4, 0.5) is 5.82 Å². The highest BCUT2D eigenvalue weighted by molar-refractivity contribution is 7.99. The Labute approximate surface area is 108 Å². The number of nitrogens with zero attached hydrogens (tertiary/aromatic N) is 3. The van der Waals surface area contributed by atoms with Gasteiger partial charge in [-0.3, -0.25) is 4.79 Å². The van der Waals surface area contributed by atoms with Gasteiger partial charge in [-0.2, -0.15) is 0 Å². The highest BCUT2D eigenvalue weighted by atomic mass is 32.2. The quantitative estimate of drug-likeness (QED) is 0.639. The Hall–Kier alpha value is -1.89. The van der Waals surface area contributed by atoms with Crippen LogP contribution in [0.25, 0.3) is 0 Å². The van der Waals surface area contributed by atoms with E-state index in [1.807, 2.05) is 13.0 Å². The Kier molecular flexibility index (Phi) is 3.93. The van der Waals surface area contributed by atoms with E-state index in [0.717, 1.165) is 23.1 Å². The Balaban J connectivity index is 2.30. The molecule has 0 bridgehead atoms. The van der Waals surface area contributed by atoms with E-state index in [9.17, 15) is 4.79 Å². The number of aryl methyl sites for hydroxylation is 1. The van der Waals surface area contributed by atoms with Gasteiger partial charge in [0.2, 0.25) is 0 Å². The lowest BCUT2D eigenvalue weighted by Gasteiger charge is -2.05. The lowest BCUT2D eigenvalue weighted by atomic mass is 10.4. The fraction of sp³-hybridized carbons (Fsp3) is 0.273. The third-order valence-electron chi connectivity index (χ3n) is 2.17. The van der Waals surface area contributed by atoms with Crippen molar-refractivity contribution in [2.75, 3.05) is 12.4 Å². The summed E-state index contributed by atoms with van der Waals surface area (Å²) in [6.45, 7) is 1.99. The minimum atomic E-state index is -0.175. The predicted molar refractivity (Wildman–Crippen MR) is 69.9 cm³/mol. The predicted octanol–water partition coefficient (Wildman–Crippen LogP) is 1.32. The molecule has 2 heterocycles. The van der Waals surface area contributed by atoms with E-state index in [1.54, 1.807) is 7.05 Å². The van der Waals surface area contributed by atoms with Crippen LogP contribution in [0, 0.1) is 0 Å². The van der Waals surface area contributed by atoms with Gasteiger partial charge >= 0.3 is 0 Å². The van der Waals surface area contributed by atoms with Crippen LogP contribution in [0.1, 0.15) is 12.7 Å². The monoisotopic (exact) mass is 263 g/mol. The largest absolute Gasteiger partial charge is 0.373 e. The van der Waals surface area contributed by atoms with E-state index in [1.165, 1.54) is 24.0 Å². The minimum Gasteiger partial charge on any atom is -0.373 e. The molecule has 0 aromatic carbocycles. The number of aromatic nitrogens is 4. The first-order valence-electron chi connectivity index (χ1n) is 5.50. The van der Waals surface area contributed by atoms with Crippen molar-refractivity contribution in [3.63, 3.8) is 0 Å². The van der Waals surface area contributed by atoms with Crippen molar-refractivity contribution < 1.29 is 0 Å². The van der Waals surface area contributed by atoms with Crippen molar-refractivity contribution in [2.45, 2.75) is 23.5 Å². The summed E-state index contributed by atoms with van der Waals surface area (Å²) >= 11 is 1.30. The smallest absolute Gasteiger partial charge is 0.251 e. The summed E-state index contributed by atoms with van der Waals surface area (Å²) < 4.78 is 0. The van der Waals surface area contributed by atoms with Crippen LogP contribution in [0.2, 0.25) is 0 Å². The van der Waals surface area contributed by atoms with E-state index >= 15 is 0 Å². The molecular formula is C11H13N5OS. The molecule has 0 saturated heterocycles. The molecule has 6 nitrogen and oxygen atoms in total. The first-order valence-corrected chi connectivity index (χ1v) is 6.32. The molecule has 0 aliphatic carbocycles. The summed E-state index contributed by atoms with van der Waals surface area (Å²) in [6, 6.07) is 3.19. The molecule has 2 aromatic heterocycles. The first-order chi connectivity index (χ1) is 8.71. The molecular weight excluding hydrogens is 250 g/mol. The molecule has 94 valence electrons. The second kappa shape index (κ2) is 5.63. The lowest BCUT2D eigenvalue weighted by Crippen LogP contribution is -2.06. The molecule has 0 amide bonds.